The molecule has 1 spiro atoms. The van der Waals surface area contributed by atoms with Gasteiger partial charge in [0, 0.05) is 23.5 Å². The summed E-state index contributed by atoms with van der Waals surface area (Å²) in [6.07, 6.45) is 5.43. The molecule has 1 N–H and O–H groups in total. The number of pyridine rings is 1. The van der Waals surface area contributed by atoms with Crippen LogP contribution in [0.25, 0.3) is 6.08 Å². The molecule has 0 unspecified atom stereocenters. The molecule has 0 aliphatic carbocycles. The largest absolute Gasteiger partial charge is 0.358 e. The van der Waals surface area contributed by atoms with Gasteiger partial charge in [0.1, 0.15) is 11.1 Å². The molecule has 4 atom stereocenters. The smallest absolute Gasteiger partial charge is 0.238 e. The molecule has 3 aliphatic heterocycles. The normalized spacial score (nSPS) is 25.8. The Morgan fingerprint density at radius 1 is 0.972 bits per heavy atom. The molecule has 6 rings (SSSR count). The average Bonchev–Trinajstić information content (AvgIpc) is 3.35. The number of nitrogens with zero attached hydrogens (tertiary/aromatic N) is 2. The van der Waals surface area contributed by atoms with E-state index in [9.17, 15) is 14.4 Å². The first-order chi connectivity index (χ1) is 17.3. The topological polar surface area (TPSA) is 79.4 Å². The summed E-state index contributed by atoms with van der Waals surface area (Å²) in [4.78, 5) is 49.1. The van der Waals surface area contributed by atoms with E-state index in [0.29, 0.717) is 5.69 Å². The van der Waals surface area contributed by atoms with Crippen molar-refractivity contribution in [3.8, 4) is 0 Å². The van der Waals surface area contributed by atoms with Crippen LogP contribution in [0.4, 0.5) is 5.69 Å². The number of ketones is 2. The Morgan fingerprint density at radius 3 is 2.44 bits per heavy atom. The number of carbonyl (C=O) groups is 3. The zero-order valence-corrected chi connectivity index (χ0v) is 20.4. The number of Topliss-reactive ketones (excluding diaryl/α,β-unsaturated/α-hetero) is 2. The number of amides is 1. The van der Waals surface area contributed by atoms with E-state index in [0.717, 1.165) is 16.7 Å². The second kappa shape index (κ2) is 7.72. The third kappa shape index (κ3) is 2.90. The molecular formula is C30H27N3O3. The van der Waals surface area contributed by atoms with Crippen molar-refractivity contribution in [1.82, 2.24) is 9.88 Å². The maximum atomic E-state index is 14.4. The van der Waals surface area contributed by atoms with Crippen molar-refractivity contribution in [2.45, 2.75) is 38.3 Å². The zero-order chi connectivity index (χ0) is 25.2. The van der Waals surface area contributed by atoms with Gasteiger partial charge in [-0.1, -0.05) is 69.3 Å². The number of hydrogen-bond donors (Lipinski definition) is 1. The quantitative estimate of drug-likeness (QED) is 0.549. The molecule has 36 heavy (non-hydrogen) atoms. The van der Waals surface area contributed by atoms with Crippen LogP contribution < -0.4 is 5.32 Å². The van der Waals surface area contributed by atoms with Gasteiger partial charge >= 0.3 is 0 Å². The molecule has 1 fully saturated rings. The molecule has 1 amide bonds. The van der Waals surface area contributed by atoms with Crippen LogP contribution in [0.3, 0.4) is 0 Å². The predicted molar refractivity (Wildman–Crippen MR) is 137 cm³/mol. The fraction of sp³-hybridized carbons (Fsp3) is 0.267. The van der Waals surface area contributed by atoms with E-state index in [-0.39, 0.29) is 23.2 Å². The Hall–Kier alpha value is -4.06. The predicted octanol–water partition coefficient (Wildman–Crippen LogP) is 4.80. The lowest BCUT2D eigenvalue weighted by molar-refractivity contribution is -0.131. The van der Waals surface area contributed by atoms with Gasteiger partial charge in [-0.05, 0) is 41.0 Å². The first-order valence-corrected chi connectivity index (χ1v) is 12.2. The molecular weight excluding hydrogens is 450 g/mol. The summed E-state index contributed by atoms with van der Waals surface area (Å²) < 4.78 is 0. The number of rotatable bonds is 3. The number of nitrogens with one attached hydrogen (secondary N) is 1. The SMILES string of the molecule is CC(C)(C)C(=O)[C@@H]1[C@H](C(=O)c2ccccn2)[C@]2(C(=O)Nc3ccccc32)[C@H]2c3ccccc3C=CN12. The molecule has 180 valence electrons. The molecule has 4 heterocycles. The number of carbonyl (C=O) groups excluding carboxylic acids is 3. The standard InChI is InChI=1S/C30H27N3O3/c1-29(2,3)27(35)24-23(25(34)22-14-8-9-16-31-22)30(20-12-6-7-13-21(20)32-28(30)36)26-19-11-5-4-10-18(19)15-17-33(24)26/h4-17,23-24,26H,1-3H3,(H,32,36)/t23-,24+,26-,30+/m1/s1. The van der Waals surface area contributed by atoms with E-state index in [1.54, 1.807) is 24.4 Å². The highest BCUT2D eigenvalue weighted by atomic mass is 16.2. The zero-order valence-electron chi connectivity index (χ0n) is 20.4. The van der Waals surface area contributed by atoms with Crippen molar-refractivity contribution in [2.24, 2.45) is 11.3 Å². The summed E-state index contributed by atoms with van der Waals surface area (Å²) in [5.74, 6) is -1.61. The molecule has 1 aromatic heterocycles. The van der Waals surface area contributed by atoms with Gasteiger partial charge in [0.05, 0.1) is 18.0 Å². The van der Waals surface area contributed by atoms with Gasteiger partial charge in [-0.3, -0.25) is 19.4 Å². The summed E-state index contributed by atoms with van der Waals surface area (Å²) in [5, 5.41) is 3.05. The number of benzene rings is 2. The van der Waals surface area contributed by atoms with Gasteiger partial charge in [-0.25, -0.2) is 0 Å². The number of anilines is 1. The maximum absolute atomic E-state index is 14.4. The highest BCUT2D eigenvalue weighted by Gasteiger charge is 2.71. The van der Waals surface area contributed by atoms with E-state index in [1.807, 2.05) is 86.5 Å². The van der Waals surface area contributed by atoms with Crippen LogP contribution in [-0.2, 0) is 15.0 Å². The van der Waals surface area contributed by atoms with Crippen molar-refractivity contribution in [3.63, 3.8) is 0 Å². The van der Waals surface area contributed by atoms with Gasteiger partial charge in [0.25, 0.3) is 0 Å². The minimum absolute atomic E-state index is 0.0835. The van der Waals surface area contributed by atoms with Gasteiger partial charge in [-0.2, -0.15) is 0 Å². The second-order valence-corrected chi connectivity index (χ2v) is 10.8. The molecule has 3 aliphatic rings. The second-order valence-electron chi connectivity index (χ2n) is 10.8. The molecule has 2 aromatic carbocycles. The Balaban J connectivity index is 1.70. The minimum atomic E-state index is -1.31. The monoisotopic (exact) mass is 477 g/mol. The van der Waals surface area contributed by atoms with Crippen LogP contribution in [0.15, 0.2) is 79.1 Å². The Kier molecular flexibility index (Phi) is 4.80. The van der Waals surface area contributed by atoms with Crippen molar-refractivity contribution in [2.75, 3.05) is 5.32 Å². The van der Waals surface area contributed by atoms with Crippen molar-refractivity contribution in [3.05, 3.63) is 102 Å². The molecule has 0 bridgehead atoms. The van der Waals surface area contributed by atoms with E-state index < -0.39 is 28.8 Å². The summed E-state index contributed by atoms with van der Waals surface area (Å²) in [7, 11) is 0. The highest BCUT2D eigenvalue weighted by Crippen LogP contribution is 2.62. The van der Waals surface area contributed by atoms with E-state index >= 15 is 0 Å². The summed E-state index contributed by atoms with van der Waals surface area (Å²) in [5.41, 5.74) is 1.53. The number of fused-ring (bicyclic) bond motifs is 6. The number of hydrogen-bond acceptors (Lipinski definition) is 5. The minimum Gasteiger partial charge on any atom is -0.358 e. The maximum Gasteiger partial charge on any atom is 0.238 e. The summed E-state index contributed by atoms with van der Waals surface area (Å²) in [6, 6.07) is 19.2. The molecule has 1 saturated heterocycles. The first-order valence-electron chi connectivity index (χ1n) is 12.2. The fourth-order valence-electron chi connectivity index (χ4n) is 6.28. The Labute approximate surface area is 210 Å². The average molecular weight is 478 g/mol. The van der Waals surface area contributed by atoms with Crippen LogP contribution >= 0.6 is 0 Å². The lowest BCUT2D eigenvalue weighted by atomic mass is 9.62. The van der Waals surface area contributed by atoms with Crippen LogP contribution in [0.1, 0.15) is 54.0 Å². The van der Waals surface area contributed by atoms with Crippen LogP contribution in [-0.4, -0.2) is 33.4 Å². The Bertz CT molecular complexity index is 1440. The van der Waals surface area contributed by atoms with Crippen molar-refractivity contribution < 1.29 is 14.4 Å². The van der Waals surface area contributed by atoms with Crippen LogP contribution in [0.5, 0.6) is 0 Å². The van der Waals surface area contributed by atoms with Crippen molar-refractivity contribution in [1.29, 1.82) is 0 Å². The molecule has 0 saturated carbocycles. The molecule has 6 heteroatoms. The molecule has 6 nitrogen and oxygen atoms in total. The summed E-state index contributed by atoms with van der Waals surface area (Å²) >= 11 is 0. The molecule has 3 aromatic rings. The number of aromatic nitrogens is 1. The van der Waals surface area contributed by atoms with E-state index in [2.05, 4.69) is 10.3 Å². The Morgan fingerprint density at radius 2 is 1.69 bits per heavy atom. The third-order valence-corrected chi connectivity index (χ3v) is 7.78. The van der Waals surface area contributed by atoms with Crippen LogP contribution in [0, 0.1) is 11.3 Å². The van der Waals surface area contributed by atoms with Gasteiger partial charge < -0.3 is 10.2 Å². The van der Waals surface area contributed by atoms with E-state index in [1.165, 1.54) is 0 Å². The van der Waals surface area contributed by atoms with Crippen molar-refractivity contribution >= 4 is 29.2 Å². The van der Waals surface area contributed by atoms with Gasteiger partial charge in [-0.15, -0.1) is 0 Å². The lowest BCUT2D eigenvalue weighted by Crippen LogP contribution is -2.50. The molecule has 0 radical (unpaired) electrons. The van der Waals surface area contributed by atoms with E-state index in [4.69, 9.17) is 0 Å². The highest BCUT2D eigenvalue weighted by molar-refractivity contribution is 6.15. The third-order valence-electron chi connectivity index (χ3n) is 7.78. The number of para-hydroxylation sites is 1. The first kappa shape index (κ1) is 22.4. The lowest BCUT2D eigenvalue weighted by Gasteiger charge is -2.38. The van der Waals surface area contributed by atoms with Gasteiger partial charge in [0.15, 0.2) is 11.6 Å². The summed E-state index contributed by atoms with van der Waals surface area (Å²) in [6.45, 7) is 5.59. The fourth-order valence-corrected chi connectivity index (χ4v) is 6.28. The van der Waals surface area contributed by atoms with Crippen LogP contribution in [0.2, 0.25) is 0 Å². The van der Waals surface area contributed by atoms with Gasteiger partial charge in [0.2, 0.25) is 5.91 Å².